The fourth-order valence-electron chi connectivity index (χ4n) is 1.67. The van der Waals surface area contributed by atoms with Crippen LogP contribution in [0.25, 0.3) is 11.0 Å². The van der Waals surface area contributed by atoms with Gasteiger partial charge in [-0.2, -0.15) is 0 Å². The third kappa shape index (κ3) is 1.80. The minimum Gasteiger partial charge on any atom is -0.494 e. The second-order valence-electron chi connectivity index (χ2n) is 3.41. The molecule has 0 radical (unpaired) electrons. The molecule has 0 unspecified atom stereocenters. The number of aromatic nitrogens is 2. The molecule has 1 aromatic heterocycles. The Kier molecular flexibility index (Phi) is 2.87. The lowest BCUT2D eigenvalue weighted by molar-refractivity contribution is 0.419. The molecule has 4 heteroatoms. The number of hydrogen-bond acceptors (Lipinski definition) is 3. The molecular formula is C11H15N3O. The van der Waals surface area contributed by atoms with Crippen LogP contribution in [0.4, 0.5) is 0 Å². The number of imidazole rings is 1. The predicted molar refractivity (Wildman–Crippen MR) is 60.0 cm³/mol. The Labute approximate surface area is 88.7 Å². The molecule has 0 aliphatic rings. The van der Waals surface area contributed by atoms with E-state index >= 15 is 0 Å². The molecule has 2 N–H and O–H groups in total. The zero-order valence-electron chi connectivity index (χ0n) is 8.81. The molecule has 4 nitrogen and oxygen atoms in total. The Bertz CT molecular complexity index is 450. The fourth-order valence-corrected chi connectivity index (χ4v) is 1.67. The van der Waals surface area contributed by atoms with Gasteiger partial charge in [0.1, 0.15) is 11.3 Å². The molecule has 2 aromatic rings. The van der Waals surface area contributed by atoms with Gasteiger partial charge in [0.15, 0.2) is 0 Å². The number of nitrogens with zero attached hydrogens (tertiary/aromatic N) is 2. The summed E-state index contributed by atoms with van der Waals surface area (Å²) in [5.41, 5.74) is 7.50. The molecule has 0 saturated heterocycles. The smallest absolute Gasteiger partial charge is 0.146 e. The van der Waals surface area contributed by atoms with Crippen molar-refractivity contribution in [2.24, 2.45) is 5.73 Å². The maximum atomic E-state index is 5.49. The first kappa shape index (κ1) is 9.98. The summed E-state index contributed by atoms with van der Waals surface area (Å²) in [4.78, 5) is 4.34. The average Bonchev–Trinajstić information content (AvgIpc) is 2.69. The highest BCUT2D eigenvalue weighted by Crippen LogP contribution is 2.23. The molecule has 0 atom stereocenters. The summed E-state index contributed by atoms with van der Waals surface area (Å²) < 4.78 is 7.35. The highest BCUT2D eigenvalue weighted by molar-refractivity contribution is 5.81. The van der Waals surface area contributed by atoms with Gasteiger partial charge in [0, 0.05) is 6.54 Å². The first-order chi connectivity index (χ1) is 7.36. The average molecular weight is 205 g/mol. The van der Waals surface area contributed by atoms with Crippen molar-refractivity contribution in [1.29, 1.82) is 0 Å². The molecule has 0 fully saturated rings. The van der Waals surface area contributed by atoms with Gasteiger partial charge in [0.05, 0.1) is 19.0 Å². The third-order valence-electron chi connectivity index (χ3n) is 2.44. The Morgan fingerprint density at radius 1 is 1.47 bits per heavy atom. The van der Waals surface area contributed by atoms with E-state index in [0.717, 1.165) is 29.7 Å². The number of benzene rings is 1. The molecule has 0 saturated carbocycles. The number of nitrogens with two attached hydrogens (primary N) is 1. The van der Waals surface area contributed by atoms with Crippen molar-refractivity contribution < 1.29 is 4.74 Å². The van der Waals surface area contributed by atoms with Crippen molar-refractivity contribution in [1.82, 2.24) is 9.55 Å². The summed E-state index contributed by atoms with van der Waals surface area (Å²) >= 11 is 0. The third-order valence-corrected chi connectivity index (χ3v) is 2.44. The Morgan fingerprint density at radius 2 is 2.33 bits per heavy atom. The first-order valence-electron chi connectivity index (χ1n) is 5.04. The van der Waals surface area contributed by atoms with E-state index in [0.29, 0.717) is 6.54 Å². The van der Waals surface area contributed by atoms with Crippen molar-refractivity contribution in [2.75, 3.05) is 13.7 Å². The van der Waals surface area contributed by atoms with Gasteiger partial charge in [0.25, 0.3) is 0 Å². The van der Waals surface area contributed by atoms with Gasteiger partial charge < -0.3 is 15.0 Å². The van der Waals surface area contributed by atoms with E-state index < -0.39 is 0 Å². The standard InChI is InChI=1S/C11H15N3O/c1-15-10-5-2-4-9-11(10)13-8-14(9)7-3-6-12/h2,4-5,8H,3,6-7,12H2,1H3. The van der Waals surface area contributed by atoms with Gasteiger partial charge in [-0.15, -0.1) is 0 Å². The molecule has 0 aliphatic carbocycles. The van der Waals surface area contributed by atoms with Gasteiger partial charge >= 0.3 is 0 Å². The van der Waals surface area contributed by atoms with E-state index in [2.05, 4.69) is 9.55 Å². The topological polar surface area (TPSA) is 53.1 Å². The normalized spacial score (nSPS) is 10.8. The van der Waals surface area contributed by atoms with Crippen LogP contribution >= 0.6 is 0 Å². The van der Waals surface area contributed by atoms with Crippen molar-refractivity contribution >= 4 is 11.0 Å². The van der Waals surface area contributed by atoms with Gasteiger partial charge in [-0.25, -0.2) is 4.98 Å². The number of aryl methyl sites for hydroxylation is 1. The molecule has 15 heavy (non-hydrogen) atoms. The van der Waals surface area contributed by atoms with Crippen LogP contribution in [0.15, 0.2) is 24.5 Å². The quantitative estimate of drug-likeness (QED) is 0.820. The SMILES string of the molecule is COc1cccc2c1ncn2CCCN. The minimum atomic E-state index is 0.698. The van der Waals surface area contributed by atoms with Crippen molar-refractivity contribution in [2.45, 2.75) is 13.0 Å². The number of hydrogen-bond donors (Lipinski definition) is 1. The zero-order valence-corrected chi connectivity index (χ0v) is 8.81. The second-order valence-corrected chi connectivity index (χ2v) is 3.41. The Hall–Kier alpha value is -1.55. The summed E-state index contributed by atoms with van der Waals surface area (Å²) in [5.74, 6) is 0.819. The highest BCUT2D eigenvalue weighted by Gasteiger charge is 2.06. The molecule has 80 valence electrons. The molecule has 0 bridgehead atoms. The van der Waals surface area contributed by atoms with Crippen molar-refractivity contribution in [3.8, 4) is 5.75 Å². The summed E-state index contributed by atoms with van der Waals surface area (Å²) in [6.07, 6.45) is 2.80. The van der Waals surface area contributed by atoms with E-state index in [-0.39, 0.29) is 0 Å². The van der Waals surface area contributed by atoms with E-state index in [1.807, 2.05) is 24.5 Å². The number of rotatable bonds is 4. The second kappa shape index (κ2) is 4.31. The molecular weight excluding hydrogens is 190 g/mol. The van der Waals surface area contributed by atoms with Gasteiger partial charge in [0.2, 0.25) is 0 Å². The number of para-hydroxylation sites is 1. The van der Waals surface area contributed by atoms with Gasteiger partial charge in [-0.3, -0.25) is 0 Å². The highest BCUT2D eigenvalue weighted by atomic mass is 16.5. The summed E-state index contributed by atoms with van der Waals surface area (Å²) in [6, 6.07) is 5.94. The maximum absolute atomic E-state index is 5.49. The molecule has 0 spiro atoms. The number of methoxy groups -OCH3 is 1. The Balaban J connectivity index is 2.42. The van der Waals surface area contributed by atoms with E-state index in [9.17, 15) is 0 Å². The first-order valence-corrected chi connectivity index (χ1v) is 5.04. The van der Waals surface area contributed by atoms with Crippen molar-refractivity contribution in [3.05, 3.63) is 24.5 Å². The van der Waals surface area contributed by atoms with Crippen LogP contribution in [0.3, 0.4) is 0 Å². The number of fused-ring (bicyclic) bond motifs is 1. The molecule has 2 rings (SSSR count). The number of ether oxygens (including phenoxy) is 1. The predicted octanol–water partition coefficient (Wildman–Crippen LogP) is 1.39. The van der Waals surface area contributed by atoms with E-state index in [1.54, 1.807) is 7.11 Å². The minimum absolute atomic E-state index is 0.698. The van der Waals surface area contributed by atoms with Crippen LogP contribution in [0, 0.1) is 0 Å². The molecule has 0 amide bonds. The Morgan fingerprint density at radius 3 is 3.07 bits per heavy atom. The van der Waals surface area contributed by atoms with Gasteiger partial charge in [-0.05, 0) is 25.1 Å². The van der Waals surface area contributed by atoms with Crippen LogP contribution in [-0.4, -0.2) is 23.2 Å². The van der Waals surface area contributed by atoms with Crippen LogP contribution in [0.2, 0.25) is 0 Å². The molecule has 1 aromatic carbocycles. The summed E-state index contributed by atoms with van der Waals surface area (Å²) in [5, 5.41) is 0. The largest absolute Gasteiger partial charge is 0.494 e. The van der Waals surface area contributed by atoms with Crippen LogP contribution < -0.4 is 10.5 Å². The van der Waals surface area contributed by atoms with Crippen LogP contribution in [0.1, 0.15) is 6.42 Å². The molecule has 0 aliphatic heterocycles. The van der Waals surface area contributed by atoms with E-state index in [4.69, 9.17) is 10.5 Å². The lowest BCUT2D eigenvalue weighted by Crippen LogP contribution is -2.04. The monoisotopic (exact) mass is 205 g/mol. The van der Waals surface area contributed by atoms with Crippen LogP contribution in [-0.2, 0) is 6.54 Å². The zero-order chi connectivity index (χ0) is 10.7. The van der Waals surface area contributed by atoms with Gasteiger partial charge in [-0.1, -0.05) is 6.07 Å². The van der Waals surface area contributed by atoms with Crippen molar-refractivity contribution in [3.63, 3.8) is 0 Å². The summed E-state index contributed by atoms with van der Waals surface area (Å²) in [6.45, 7) is 1.60. The lowest BCUT2D eigenvalue weighted by Gasteiger charge is -2.03. The lowest BCUT2D eigenvalue weighted by atomic mass is 10.3. The fraction of sp³-hybridized carbons (Fsp3) is 0.364. The van der Waals surface area contributed by atoms with Crippen LogP contribution in [0.5, 0.6) is 5.75 Å². The van der Waals surface area contributed by atoms with E-state index in [1.165, 1.54) is 0 Å². The molecule has 1 heterocycles. The maximum Gasteiger partial charge on any atom is 0.146 e. The summed E-state index contributed by atoms with van der Waals surface area (Å²) in [7, 11) is 1.66.